The average Bonchev–Trinajstić information content (AvgIpc) is 3.19. The van der Waals surface area contributed by atoms with E-state index in [1.54, 1.807) is 46.7 Å². The molecule has 17 heteroatoms. The SMILES string of the molecule is CCC(=O)O[C@@H]1CC(=O)O[C@H](C)C/C=C/C=C/[C@H](O[C@@H]2CC[C@H](N(C)C)[C@@H](C)O2)[C@H](C)C[C@H](CC=O)[C@H](OC2O[C@H](C)[C@@H](O[C@H]3C[C@@](C)(O)[C@@H](O)[C@@H](C)O3)[C@@H](N(C)C)[C@H]2O)[C@H]1OC. The van der Waals surface area contributed by atoms with Crippen molar-refractivity contribution >= 4 is 18.2 Å². The summed E-state index contributed by atoms with van der Waals surface area (Å²) < 4.78 is 56.7. The lowest BCUT2D eigenvalue weighted by Gasteiger charge is -2.50. The third-order valence-electron chi connectivity index (χ3n) is 12.9. The number of hydrogen-bond acceptors (Lipinski definition) is 17. The van der Waals surface area contributed by atoms with Gasteiger partial charge in [-0.2, -0.15) is 0 Å². The zero-order valence-electron chi connectivity index (χ0n) is 39.6. The number of nitrogens with zero attached hydrogens (tertiary/aromatic N) is 2. The van der Waals surface area contributed by atoms with Crippen molar-refractivity contribution in [3.63, 3.8) is 0 Å². The lowest BCUT2D eigenvalue weighted by Crippen LogP contribution is -2.65. The molecule has 362 valence electrons. The molecule has 0 saturated carbocycles. The third kappa shape index (κ3) is 14.5. The van der Waals surface area contributed by atoms with Crippen molar-refractivity contribution in [2.24, 2.45) is 11.8 Å². The minimum absolute atomic E-state index is 0.0117. The molecule has 4 aliphatic rings. The number of ether oxygens (including phenoxy) is 9. The van der Waals surface area contributed by atoms with E-state index >= 15 is 0 Å². The molecule has 4 heterocycles. The summed E-state index contributed by atoms with van der Waals surface area (Å²) in [5.41, 5.74) is -1.49. The van der Waals surface area contributed by atoms with Gasteiger partial charge < -0.3 is 72.5 Å². The number of esters is 2. The molecule has 3 saturated heterocycles. The first-order valence-corrected chi connectivity index (χ1v) is 22.7. The van der Waals surface area contributed by atoms with Crippen molar-refractivity contribution in [2.75, 3.05) is 35.3 Å². The van der Waals surface area contributed by atoms with Gasteiger partial charge in [0.1, 0.15) is 42.9 Å². The van der Waals surface area contributed by atoms with Gasteiger partial charge in [0.2, 0.25) is 0 Å². The lowest BCUT2D eigenvalue weighted by atomic mass is 9.82. The van der Waals surface area contributed by atoms with Crippen molar-refractivity contribution in [3.05, 3.63) is 24.3 Å². The van der Waals surface area contributed by atoms with E-state index in [4.69, 9.17) is 42.6 Å². The smallest absolute Gasteiger partial charge is 0.309 e. The van der Waals surface area contributed by atoms with Crippen molar-refractivity contribution in [1.29, 1.82) is 0 Å². The summed E-state index contributed by atoms with van der Waals surface area (Å²) in [6, 6.07) is -0.510. The summed E-state index contributed by atoms with van der Waals surface area (Å²) in [6.45, 7) is 12.4. The van der Waals surface area contributed by atoms with E-state index in [0.717, 1.165) is 12.7 Å². The van der Waals surface area contributed by atoms with Gasteiger partial charge >= 0.3 is 11.9 Å². The molecule has 0 amide bonds. The molecule has 0 aromatic rings. The summed E-state index contributed by atoms with van der Waals surface area (Å²) in [6.07, 6.45) is -1.76. The summed E-state index contributed by atoms with van der Waals surface area (Å²) in [5.74, 6) is -2.12. The van der Waals surface area contributed by atoms with Crippen LogP contribution in [-0.4, -0.2) is 182 Å². The summed E-state index contributed by atoms with van der Waals surface area (Å²) in [4.78, 5) is 43.2. The molecule has 1 unspecified atom stereocenters. The Morgan fingerprint density at radius 2 is 1.60 bits per heavy atom. The average molecular weight is 899 g/mol. The second-order valence-corrected chi connectivity index (χ2v) is 18.6. The molecule has 4 rings (SSSR count). The normalized spacial score (nSPS) is 43.5. The van der Waals surface area contributed by atoms with Crippen molar-refractivity contribution in [3.8, 4) is 0 Å². The van der Waals surface area contributed by atoms with Crippen LogP contribution < -0.4 is 0 Å². The molecule has 0 spiro atoms. The highest BCUT2D eigenvalue weighted by molar-refractivity contribution is 5.72. The number of methoxy groups -OCH3 is 1. The van der Waals surface area contributed by atoms with Gasteiger partial charge in [-0.25, -0.2) is 0 Å². The van der Waals surface area contributed by atoms with Crippen LogP contribution in [0.25, 0.3) is 0 Å². The largest absolute Gasteiger partial charge is 0.462 e. The number of carbonyl (C=O) groups is 3. The number of hydrogen-bond donors (Lipinski definition) is 3. The Bertz CT molecular complexity index is 1490. The Kier molecular flexibility index (Phi) is 20.6. The zero-order chi connectivity index (χ0) is 46.8. The Balaban J connectivity index is 1.74. The fourth-order valence-corrected chi connectivity index (χ4v) is 9.44. The predicted octanol–water partition coefficient (Wildman–Crippen LogP) is 3.29. The Morgan fingerprint density at radius 1 is 0.905 bits per heavy atom. The quantitative estimate of drug-likeness (QED) is 0.180. The first-order chi connectivity index (χ1) is 29.7. The summed E-state index contributed by atoms with van der Waals surface area (Å²) in [5, 5.41) is 33.7. The Morgan fingerprint density at radius 3 is 2.21 bits per heavy atom. The molecule has 17 nitrogen and oxygen atoms in total. The molecule has 0 aliphatic carbocycles. The van der Waals surface area contributed by atoms with Crippen LogP contribution >= 0.6 is 0 Å². The Labute approximate surface area is 374 Å². The fraction of sp³-hybridized carbons (Fsp3) is 0.848. The lowest BCUT2D eigenvalue weighted by molar-refractivity contribution is -0.344. The van der Waals surface area contributed by atoms with E-state index in [1.165, 1.54) is 14.0 Å². The molecule has 3 N–H and O–H groups in total. The maximum atomic E-state index is 13.5. The van der Waals surface area contributed by atoms with Gasteiger partial charge in [-0.05, 0) is 93.9 Å². The number of rotatable bonds is 13. The van der Waals surface area contributed by atoms with E-state index in [-0.39, 0.29) is 43.7 Å². The molecule has 19 atom stereocenters. The monoisotopic (exact) mass is 899 g/mol. The second kappa shape index (κ2) is 24.4. The van der Waals surface area contributed by atoms with Crippen molar-refractivity contribution in [2.45, 2.75) is 204 Å². The Hall–Kier alpha value is -2.39. The highest BCUT2D eigenvalue weighted by Gasteiger charge is 2.52. The van der Waals surface area contributed by atoms with Gasteiger partial charge in [-0.15, -0.1) is 0 Å². The van der Waals surface area contributed by atoms with E-state index in [0.29, 0.717) is 19.3 Å². The maximum Gasteiger partial charge on any atom is 0.309 e. The van der Waals surface area contributed by atoms with Gasteiger partial charge in [0.25, 0.3) is 0 Å². The number of cyclic esters (lactones) is 1. The maximum absolute atomic E-state index is 13.5. The highest BCUT2D eigenvalue weighted by Crippen LogP contribution is 2.38. The summed E-state index contributed by atoms with van der Waals surface area (Å²) >= 11 is 0. The molecule has 0 radical (unpaired) electrons. The number of carbonyl (C=O) groups excluding carboxylic acids is 3. The zero-order valence-corrected chi connectivity index (χ0v) is 39.6. The van der Waals surface area contributed by atoms with Gasteiger partial charge in [-0.3, -0.25) is 9.59 Å². The topological polar surface area (TPSA) is 201 Å². The van der Waals surface area contributed by atoms with Crippen LogP contribution in [0.3, 0.4) is 0 Å². The van der Waals surface area contributed by atoms with Crippen molar-refractivity contribution < 1.29 is 72.3 Å². The van der Waals surface area contributed by atoms with Gasteiger partial charge in [0, 0.05) is 38.8 Å². The van der Waals surface area contributed by atoms with E-state index in [9.17, 15) is 29.7 Å². The minimum atomic E-state index is -1.49. The van der Waals surface area contributed by atoms with E-state index in [1.807, 2.05) is 52.2 Å². The van der Waals surface area contributed by atoms with Crippen LogP contribution in [0.4, 0.5) is 0 Å². The molecule has 4 aliphatic heterocycles. The van der Waals surface area contributed by atoms with Crippen LogP contribution in [-0.2, 0) is 57.0 Å². The molecule has 3 fully saturated rings. The highest BCUT2D eigenvalue weighted by atomic mass is 16.7. The molecule has 63 heavy (non-hydrogen) atoms. The molecule has 0 aromatic heterocycles. The van der Waals surface area contributed by atoms with E-state index in [2.05, 4.69) is 4.90 Å². The van der Waals surface area contributed by atoms with E-state index < -0.39 is 109 Å². The van der Waals surface area contributed by atoms with Crippen LogP contribution in [0.1, 0.15) is 99.8 Å². The second-order valence-electron chi connectivity index (χ2n) is 18.6. The first kappa shape index (κ1) is 53.2. The van der Waals surface area contributed by atoms with Crippen LogP contribution in [0.5, 0.6) is 0 Å². The third-order valence-corrected chi connectivity index (χ3v) is 12.9. The first-order valence-electron chi connectivity index (χ1n) is 22.7. The number of aliphatic hydroxyl groups is 3. The van der Waals surface area contributed by atoms with Crippen molar-refractivity contribution in [1.82, 2.24) is 9.80 Å². The predicted molar refractivity (Wildman–Crippen MR) is 231 cm³/mol. The number of likely N-dealkylation sites (N-methyl/N-ethyl adjacent to an activating group) is 2. The molecule has 0 aromatic carbocycles. The molecular weight excluding hydrogens is 821 g/mol. The van der Waals surface area contributed by atoms with Crippen LogP contribution in [0.2, 0.25) is 0 Å². The number of aldehydes is 1. The number of allylic oxidation sites excluding steroid dienone is 2. The van der Waals surface area contributed by atoms with Crippen LogP contribution in [0.15, 0.2) is 24.3 Å². The molecule has 0 bridgehead atoms. The summed E-state index contributed by atoms with van der Waals surface area (Å²) in [7, 11) is 9.04. The van der Waals surface area contributed by atoms with Gasteiger partial charge in [-0.1, -0.05) is 38.2 Å². The van der Waals surface area contributed by atoms with Gasteiger partial charge in [0.15, 0.2) is 18.9 Å². The standard InChI is InChI=1S/C46H78N2O15/c1-13-35(50)60-34-24-36(51)56-27(3)17-15-14-16-18-33(61-37-20-19-32(47(8)9)28(4)57-37)26(2)23-31(21-22-49)42(43(34)55-12)63-45-40(52)39(48(10)11)41(29(5)59-45)62-38-25-46(7,54)44(53)30(6)58-38/h14-16,18,22,26-34,37-45,52-54H,13,17,19-21,23-25H2,1-12H3/b15-14+,18-16+/t26-,27-,28-,29-,30-,31+,32+,33+,34-,37-,38+,39+,40-,41-,42+,43+,44+,45?,46-/m1/s1. The van der Waals surface area contributed by atoms with Crippen LogP contribution in [0, 0.1) is 11.8 Å². The fourth-order valence-electron chi connectivity index (χ4n) is 9.44. The van der Waals surface area contributed by atoms with Gasteiger partial charge in [0.05, 0.1) is 48.6 Å². The molecular formula is C46H78N2O15. The number of aliphatic hydroxyl groups excluding tert-OH is 2. The minimum Gasteiger partial charge on any atom is -0.462 e.